The summed E-state index contributed by atoms with van der Waals surface area (Å²) in [7, 11) is 0. The summed E-state index contributed by atoms with van der Waals surface area (Å²) >= 11 is 3.56. The largest absolute Gasteiger partial charge is 0.306 e. The molecule has 2 heteroatoms. The summed E-state index contributed by atoms with van der Waals surface area (Å²) in [4.78, 5) is 0. The lowest BCUT2D eigenvalue weighted by Gasteiger charge is -2.27. The number of rotatable bonds is 1. The maximum Gasteiger partial charge on any atom is 0.0579 e. The van der Waals surface area contributed by atoms with Crippen LogP contribution in [0.5, 0.6) is 0 Å². The molecule has 2 aromatic rings. The van der Waals surface area contributed by atoms with Crippen LogP contribution in [0.2, 0.25) is 0 Å². The molecule has 1 unspecified atom stereocenters. The van der Waals surface area contributed by atoms with Crippen molar-refractivity contribution < 1.29 is 0 Å². The molecule has 0 aliphatic carbocycles. The first-order valence-corrected chi connectivity index (χ1v) is 7.11. The van der Waals surface area contributed by atoms with E-state index in [1.807, 2.05) is 0 Å². The van der Waals surface area contributed by atoms with E-state index in [1.54, 1.807) is 0 Å². The number of benzene rings is 2. The van der Waals surface area contributed by atoms with Crippen LogP contribution in [0.1, 0.15) is 28.3 Å². The van der Waals surface area contributed by atoms with Gasteiger partial charge < -0.3 is 5.32 Å². The molecule has 0 saturated carbocycles. The predicted octanol–water partition coefficient (Wildman–Crippen LogP) is 3.99. The Hall–Kier alpha value is -1.12. The van der Waals surface area contributed by atoms with E-state index in [9.17, 15) is 0 Å². The Morgan fingerprint density at radius 1 is 1.11 bits per heavy atom. The van der Waals surface area contributed by atoms with Crippen molar-refractivity contribution in [3.63, 3.8) is 0 Å². The standard InChI is InChI=1S/C16H16BrN/c1-11-2-4-12(5-3-11)16-15-7-6-14(17)10-13(15)8-9-18-16/h2-7,10,16,18H,8-9H2,1H3. The maximum atomic E-state index is 3.62. The first-order valence-electron chi connectivity index (χ1n) is 6.32. The average molecular weight is 302 g/mol. The fourth-order valence-corrected chi connectivity index (χ4v) is 3.00. The van der Waals surface area contributed by atoms with Gasteiger partial charge in [-0.1, -0.05) is 51.8 Å². The lowest BCUT2D eigenvalue weighted by molar-refractivity contribution is 0.567. The summed E-state index contributed by atoms with van der Waals surface area (Å²) in [5, 5.41) is 3.62. The highest BCUT2D eigenvalue weighted by atomic mass is 79.9. The third kappa shape index (κ3) is 2.23. The number of hydrogen-bond donors (Lipinski definition) is 1. The molecule has 0 aromatic heterocycles. The van der Waals surface area contributed by atoms with Crippen molar-refractivity contribution in [2.75, 3.05) is 6.54 Å². The van der Waals surface area contributed by atoms with Gasteiger partial charge in [0.05, 0.1) is 6.04 Å². The molecule has 92 valence electrons. The van der Waals surface area contributed by atoms with Crippen molar-refractivity contribution in [2.45, 2.75) is 19.4 Å². The minimum absolute atomic E-state index is 0.336. The van der Waals surface area contributed by atoms with Crippen LogP contribution in [0.15, 0.2) is 46.9 Å². The Bertz CT molecular complexity index is 560. The van der Waals surface area contributed by atoms with E-state index in [4.69, 9.17) is 0 Å². The van der Waals surface area contributed by atoms with Gasteiger partial charge in [0, 0.05) is 11.0 Å². The van der Waals surface area contributed by atoms with Crippen LogP contribution in [0.4, 0.5) is 0 Å². The Morgan fingerprint density at radius 3 is 2.67 bits per heavy atom. The lowest BCUT2D eigenvalue weighted by atomic mass is 9.90. The molecule has 0 radical (unpaired) electrons. The van der Waals surface area contributed by atoms with E-state index in [0.29, 0.717) is 6.04 Å². The van der Waals surface area contributed by atoms with Gasteiger partial charge in [0.1, 0.15) is 0 Å². The molecule has 2 aromatic carbocycles. The monoisotopic (exact) mass is 301 g/mol. The van der Waals surface area contributed by atoms with E-state index in [0.717, 1.165) is 13.0 Å². The minimum Gasteiger partial charge on any atom is -0.306 e. The molecule has 1 heterocycles. The second-order valence-corrected chi connectivity index (χ2v) is 5.81. The summed E-state index contributed by atoms with van der Waals surface area (Å²) in [6.45, 7) is 3.17. The van der Waals surface area contributed by atoms with Crippen molar-refractivity contribution in [3.8, 4) is 0 Å². The third-order valence-corrected chi connectivity index (χ3v) is 4.06. The maximum absolute atomic E-state index is 3.62. The Labute approximate surface area is 116 Å². The van der Waals surface area contributed by atoms with E-state index in [-0.39, 0.29) is 0 Å². The zero-order valence-electron chi connectivity index (χ0n) is 10.4. The number of aryl methyl sites for hydroxylation is 1. The van der Waals surface area contributed by atoms with Gasteiger partial charge in [0.2, 0.25) is 0 Å². The number of halogens is 1. The Balaban J connectivity index is 2.03. The highest BCUT2D eigenvalue weighted by Gasteiger charge is 2.20. The molecule has 0 amide bonds. The fourth-order valence-electron chi connectivity index (χ4n) is 2.59. The molecule has 0 spiro atoms. The number of hydrogen-bond acceptors (Lipinski definition) is 1. The zero-order chi connectivity index (χ0) is 12.5. The van der Waals surface area contributed by atoms with Gasteiger partial charge in [-0.05, 0) is 42.2 Å². The van der Waals surface area contributed by atoms with Crippen LogP contribution in [-0.2, 0) is 6.42 Å². The van der Waals surface area contributed by atoms with E-state index >= 15 is 0 Å². The van der Waals surface area contributed by atoms with Gasteiger partial charge in [-0.2, -0.15) is 0 Å². The summed E-state index contributed by atoms with van der Waals surface area (Å²) in [6.07, 6.45) is 1.11. The highest BCUT2D eigenvalue weighted by Crippen LogP contribution is 2.30. The second kappa shape index (κ2) is 4.87. The van der Waals surface area contributed by atoms with Crippen LogP contribution in [0, 0.1) is 6.92 Å². The minimum atomic E-state index is 0.336. The van der Waals surface area contributed by atoms with E-state index in [1.165, 1.54) is 26.7 Å². The van der Waals surface area contributed by atoms with E-state index in [2.05, 4.69) is 70.6 Å². The average Bonchev–Trinajstić information content (AvgIpc) is 2.38. The normalized spacial score (nSPS) is 18.4. The molecule has 18 heavy (non-hydrogen) atoms. The first kappa shape index (κ1) is 11.9. The molecule has 1 N–H and O–H groups in total. The van der Waals surface area contributed by atoms with Gasteiger partial charge in [-0.25, -0.2) is 0 Å². The molecule has 1 atom stereocenters. The third-order valence-electron chi connectivity index (χ3n) is 3.57. The van der Waals surface area contributed by atoms with Gasteiger partial charge in [-0.15, -0.1) is 0 Å². The van der Waals surface area contributed by atoms with Gasteiger partial charge >= 0.3 is 0 Å². The van der Waals surface area contributed by atoms with Crippen LogP contribution in [-0.4, -0.2) is 6.54 Å². The smallest absolute Gasteiger partial charge is 0.0579 e. The summed E-state index contributed by atoms with van der Waals surface area (Å²) in [6, 6.07) is 15.8. The highest BCUT2D eigenvalue weighted by molar-refractivity contribution is 9.10. The molecule has 3 rings (SSSR count). The number of fused-ring (bicyclic) bond motifs is 1. The summed E-state index contributed by atoms with van der Waals surface area (Å²) in [5.74, 6) is 0. The quantitative estimate of drug-likeness (QED) is 0.840. The van der Waals surface area contributed by atoms with Gasteiger partial charge in [0.15, 0.2) is 0 Å². The summed E-state index contributed by atoms with van der Waals surface area (Å²) < 4.78 is 1.17. The molecule has 1 aliphatic rings. The van der Waals surface area contributed by atoms with Crippen molar-refractivity contribution in [3.05, 3.63) is 69.2 Å². The first-order chi connectivity index (χ1) is 8.74. The van der Waals surface area contributed by atoms with Crippen LogP contribution >= 0.6 is 15.9 Å². The molecule has 1 nitrogen and oxygen atoms in total. The predicted molar refractivity (Wildman–Crippen MR) is 78.9 cm³/mol. The molecule has 0 bridgehead atoms. The van der Waals surface area contributed by atoms with E-state index < -0.39 is 0 Å². The summed E-state index contributed by atoms with van der Waals surface area (Å²) in [5.41, 5.74) is 5.52. The van der Waals surface area contributed by atoms with Crippen molar-refractivity contribution in [1.29, 1.82) is 0 Å². The van der Waals surface area contributed by atoms with Crippen molar-refractivity contribution >= 4 is 15.9 Å². The van der Waals surface area contributed by atoms with Crippen molar-refractivity contribution in [1.82, 2.24) is 5.32 Å². The van der Waals surface area contributed by atoms with Crippen LogP contribution < -0.4 is 5.32 Å². The SMILES string of the molecule is Cc1ccc(C2NCCc3cc(Br)ccc32)cc1. The Kier molecular flexibility index (Phi) is 3.23. The Morgan fingerprint density at radius 2 is 1.89 bits per heavy atom. The zero-order valence-corrected chi connectivity index (χ0v) is 12.0. The van der Waals surface area contributed by atoms with Crippen LogP contribution in [0.3, 0.4) is 0 Å². The number of nitrogens with one attached hydrogen (secondary N) is 1. The molecule has 1 aliphatic heterocycles. The second-order valence-electron chi connectivity index (χ2n) is 4.89. The van der Waals surface area contributed by atoms with Crippen LogP contribution in [0.25, 0.3) is 0 Å². The van der Waals surface area contributed by atoms with Crippen molar-refractivity contribution in [2.24, 2.45) is 0 Å². The topological polar surface area (TPSA) is 12.0 Å². The fraction of sp³-hybridized carbons (Fsp3) is 0.250. The van der Waals surface area contributed by atoms with Gasteiger partial charge in [-0.3, -0.25) is 0 Å². The molecular formula is C16H16BrN. The van der Waals surface area contributed by atoms with Gasteiger partial charge in [0.25, 0.3) is 0 Å². The molecule has 0 saturated heterocycles. The molecular weight excluding hydrogens is 286 g/mol. The lowest BCUT2D eigenvalue weighted by Crippen LogP contribution is -2.30. The molecule has 0 fully saturated rings.